The molecule has 3 nitrogen and oxygen atoms in total. The summed E-state index contributed by atoms with van der Waals surface area (Å²) in [6, 6.07) is 12.6. The van der Waals surface area contributed by atoms with E-state index in [4.69, 9.17) is 0 Å². The fraction of sp³-hybridized carbons (Fsp3) is 0.471. The molecule has 0 amide bonds. The van der Waals surface area contributed by atoms with Crippen LogP contribution in [0.5, 0.6) is 0 Å². The lowest BCUT2D eigenvalue weighted by atomic mass is 9.99. The molecule has 0 aliphatic carbocycles. The Morgan fingerprint density at radius 1 is 1.10 bits per heavy atom. The molecule has 104 valence electrons. The van der Waals surface area contributed by atoms with Crippen LogP contribution in [0.3, 0.4) is 0 Å². The zero-order chi connectivity index (χ0) is 13.5. The SMILES string of the molecule is Cc1cnc(-c2ccccc2)n1C1C[C@H]2CC[C@@H](C1)N2. The Kier molecular flexibility index (Phi) is 2.88. The lowest BCUT2D eigenvalue weighted by molar-refractivity contribution is 0.297. The van der Waals surface area contributed by atoms with Gasteiger partial charge in [-0.15, -0.1) is 0 Å². The van der Waals surface area contributed by atoms with E-state index in [1.54, 1.807) is 0 Å². The third-order valence-electron chi connectivity index (χ3n) is 4.83. The molecule has 1 aromatic carbocycles. The number of fused-ring (bicyclic) bond motifs is 2. The molecular weight excluding hydrogens is 246 g/mol. The Labute approximate surface area is 120 Å². The van der Waals surface area contributed by atoms with Gasteiger partial charge in [0.05, 0.1) is 0 Å². The van der Waals surface area contributed by atoms with Crippen LogP contribution in [0.4, 0.5) is 0 Å². The molecule has 1 N–H and O–H groups in total. The maximum atomic E-state index is 4.67. The van der Waals surface area contributed by atoms with Crippen LogP contribution in [0.1, 0.15) is 37.4 Å². The van der Waals surface area contributed by atoms with E-state index in [1.165, 1.54) is 36.9 Å². The van der Waals surface area contributed by atoms with E-state index in [-0.39, 0.29) is 0 Å². The smallest absolute Gasteiger partial charge is 0.140 e. The second-order valence-corrected chi connectivity index (χ2v) is 6.22. The number of nitrogens with zero attached hydrogens (tertiary/aromatic N) is 2. The predicted octanol–water partition coefficient (Wildman–Crippen LogP) is 3.31. The number of benzene rings is 1. The molecule has 0 radical (unpaired) electrons. The van der Waals surface area contributed by atoms with Gasteiger partial charge >= 0.3 is 0 Å². The average Bonchev–Trinajstić information content (AvgIpc) is 3.02. The van der Waals surface area contributed by atoms with Crippen LogP contribution in [0.25, 0.3) is 11.4 Å². The number of piperidine rings is 1. The zero-order valence-corrected chi connectivity index (χ0v) is 11.9. The standard InChI is InChI=1S/C17H21N3/c1-12-11-18-17(13-5-3-2-4-6-13)20(12)16-9-14-7-8-15(10-16)19-14/h2-6,11,14-16,19H,7-10H2,1H3/t14-,15+,16?. The van der Waals surface area contributed by atoms with Crippen LogP contribution in [-0.4, -0.2) is 21.6 Å². The van der Waals surface area contributed by atoms with Gasteiger partial charge in [0.2, 0.25) is 0 Å². The highest BCUT2D eigenvalue weighted by molar-refractivity contribution is 5.56. The van der Waals surface area contributed by atoms with Crippen molar-refractivity contribution in [1.82, 2.24) is 14.9 Å². The summed E-state index contributed by atoms with van der Waals surface area (Å²) in [6.45, 7) is 2.18. The summed E-state index contributed by atoms with van der Waals surface area (Å²) in [7, 11) is 0. The molecule has 3 atom stereocenters. The topological polar surface area (TPSA) is 29.9 Å². The minimum Gasteiger partial charge on any atom is -0.325 e. The molecule has 3 heteroatoms. The molecule has 2 aliphatic rings. The number of imidazole rings is 1. The first-order valence-corrected chi connectivity index (χ1v) is 7.66. The van der Waals surface area contributed by atoms with Crippen LogP contribution in [0.15, 0.2) is 36.5 Å². The highest BCUT2D eigenvalue weighted by Gasteiger charge is 2.35. The monoisotopic (exact) mass is 267 g/mol. The fourth-order valence-corrected chi connectivity index (χ4v) is 3.95. The summed E-state index contributed by atoms with van der Waals surface area (Å²) in [6.07, 6.45) is 7.19. The zero-order valence-electron chi connectivity index (χ0n) is 11.9. The number of rotatable bonds is 2. The van der Waals surface area contributed by atoms with E-state index in [1.807, 2.05) is 6.20 Å². The highest BCUT2D eigenvalue weighted by atomic mass is 15.1. The summed E-state index contributed by atoms with van der Waals surface area (Å²) in [5.41, 5.74) is 2.52. The number of hydrogen-bond donors (Lipinski definition) is 1. The fourth-order valence-electron chi connectivity index (χ4n) is 3.95. The van der Waals surface area contributed by atoms with Crippen molar-refractivity contribution in [1.29, 1.82) is 0 Å². The lowest BCUT2D eigenvalue weighted by Crippen LogP contribution is -2.39. The Bertz CT molecular complexity index is 590. The van der Waals surface area contributed by atoms with Gasteiger partial charge in [0.25, 0.3) is 0 Å². The van der Waals surface area contributed by atoms with Gasteiger partial charge in [0, 0.05) is 35.6 Å². The van der Waals surface area contributed by atoms with Gasteiger partial charge in [-0.2, -0.15) is 0 Å². The van der Waals surface area contributed by atoms with E-state index in [2.05, 4.69) is 52.1 Å². The van der Waals surface area contributed by atoms with Gasteiger partial charge < -0.3 is 9.88 Å². The van der Waals surface area contributed by atoms with Crippen molar-refractivity contribution < 1.29 is 0 Å². The van der Waals surface area contributed by atoms with E-state index in [0.717, 1.165) is 5.82 Å². The Balaban J connectivity index is 1.73. The largest absolute Gasteiger partial charge is 0.325 e. The number of aromatic nitrogens is 2. The number of aryl methyl sites for hydroxylation is 1. The van der Waals surface area contributed by atoms with E-state index in [9.17, 15) is 0 Å². The molecule has 20 heavy (non-hydrogen) atoms. The predicted molar refractivity (Wildman–Crippen MR) is 80.6 cm³/mol. The maximum Gasteiger partial charge on any atom is 0.140 e. The third-order valence-corrected chi connectivity index (χ3v) is 4.83. The van der Waals surface area contributed by atoms with Crippen LogP contribution in [-0.2, 0) is 0 Å². The van der Waals surface area contributed by atoms with Crippen molar-refractivity contribution in [3.05, 3.63) is 42.2 Å². The molecule has 2 aromatic rings. The summed E-state index contributed by atoms with van der Waals surface area (Å²) in [5, 5.41) is 3.73. The molecular formula is C17H21N3. The Morgan fingerprint density at radius 3 is 2.50 bits per heavy atom. The van der Waals surface area contributed by atoms with Gasteiger partial charge in [-0.05, 0) is 32.6 Å². The molecule has 0 saturated carbocycles. The van der Waals surface area contributed by atoms with Gasteiger partial charge in [-0.25, -0.2) is 4.98 Å². The highest BCUT2D eigenvalue weighted by Crippen LogP contribution is 2.37. The first-order valence-electron chi connectivity index (χ1n) is 7.66. The molecule has 2 aliphatic heterocycles. The minimum absolute atomic E-state index is 0.603. The summed E-state index contributed by atoms with van der Waals surface area (Å²) < 4.78 is 2.47. The van der Waals surface area contributed by atoms with Crippen LogP contribution < -0.4 is 5.32 Å². The molecule has 1 aromatic heterocycles. The quantitative estimate of drug-likeness (QED) is 0.904. The Hall–Kier alpha value is -1.61. The van der Waals surface area contributed by atoms with Crippen molar-refractivity contribution in [2.75, 3.05) is 0 Å². The minimum atomic E-state index is 0.603. The summed E-state index contributed by atoms with van der Waals surface area (Å²) >= 11 is 0. The van der Waals surface area contributed by atoms with Crippen molar-refractivity contribution >= 4 is 0 Å². The average molecular weight is 267 g/mol. The second kappa shape index (κ2) is 4.74. The molecule has 2 bridgehead atoms. The van der Waals surface area contributed by atoms with Crippen molar-refractivity contribution in [2.24, 2.45) is 0 Å². The number of hydrogen-bond acceptors (Lipinski definition) is 2. The van der Waals surface area contributed by atoms with Crippen molar-refractivity contribution in [3.63, 3.8) is 0 Å². The molecule has 2 fully saturated rings. The molecule has 3 heterocycles. The molecule has 2 saturated heterocycles. The molecule has 4 rings (SSSR count). The van der Waals surface area contributed by atoms with Gasteiger partial charge in [0.1, 0.15) is 5.82 Å². The van der Waals surface area contributed by atoms with Crippen LogP contribution >= 0.6 is 0 Å². The first kappa shape index (κ1) is 12.2. The second-order valence-electron chi connectivity index (χ2n) is 6.22. The van der Waals surface area contributed by atoms with E-state index in [0.29, 0.717) is 18.1 Å². The summed E-state index contributed by atoms with van der Waals surface area (Å²) in [5.74, 6) is 1.13. The lowest BCUT2D eigenvalue weighted by Gasteiger charge is -2.32. The van der Waals surface area contributed by atoms with Crippen LogP contribution in [0, 0.1) is 6.92 Å². The van der Waals surface area contributed by atoms with Gasteiger partial charge in [-0.1, -0.05) is 30.3 Å². The van der Waals surface area contributed by atoms with Crippen molar-refractivity contribution in [2.45, 2.75) is 50.7 Å². The van der Waals surface area contributed by atoms with Gasteiger partial charge in [0.15, 0.2) is 0 Å². The van der Waals surface area contributed by atoms with E-state index >= 15 is 0 Å². The van der Waals surface area contributed by atoms with Gasteiger partial charge in [-0.3, -0.25) is 0 Å². The summed E-state index contributed by atoms with van der Waals surface area (Å²) in [4.78, 5) is 4.67. The van der Waals surface area contributed by atoms with Crippen LogP contribution in [0.2, 0.25) is 0 Å². The van der Waals surface area contributed by atoms with E-state index < -0.39 is 0 Å². The normalized spacial score (nSPS) is 28.8. The third kappa shape index (κ3) is 1.97. The first-order chi connectivity index (χ1) is 9.81. The number of nitrogens with one attached hydrogen (secondary N) is 1. The van der Waals surface area contributed by atoms with Crippen molar-refractivity contribution in [3.8, 4) is 11.4 Å². The molecule has 0 spiro atoms. The maximum absolute atomic E-state index is 4.67. The molecule has 1 unspecified atom stereocenters. The Morgan fingerprint density at radius 2 is 1.80 bits per heavy atom.